The number of halogens is 1. The summed E-state index contributed by atoms with van der Waals surface area (Å²) in [5.74, 6) is 1.14. The molecule has 2 rings (SSSR count). The zero-order chi connectivity index (χ0) is 21.6. The SMILES string of the molecule is CN(C)C(=O)c1ccc(OCCCC2CCN(C(=O)OC(C)(C)C)CC2)cc1Cl. The third-order valence-electron chi connectivity index (χ3n) is 4.87. The molecule has 0 atom stereocenters. The summed E-state index contributed by atoms with van der Waals surface area (Å²) in [5, 5.41) is 0.399. The van der Waals surface area contributed by atoms with Gasteiger partial charge in [0.2, 0.25) is 0 Å². The minimum Gasteiger partial charge on any atom is -0.494 e. The second kappa shape index (κ2) is 10.2. The molecule has 1 aromatic rings. The molecule has 1 aliphatic rings. The predicted octanol–water partition coefficient (Wildman–Crippen LogP) is 4.85. The Morgan fingerprint density at radius 2 is 1.86 bits per heavy atom. The van der Waals surface area contributed by atoms with E-state index in [1.165, 1.54) is 4.90 Å². The maximum absolute atomic E-state index is 12.1. The molecule has 7 heteroatoms. The lowest BCUT2D eigenvalue weighted by atomic mass is 9.92. The highest BCUT2D eigenvalue weighted by Crippen LogP contribution is 2.25. The van der Waals surface area contributed by atoms with Crippen LogP contribution in [0, 0.1) is 5.92 Å². The van der Waals surface area contributed by atoms with Gasteiger partial charge in [-0.25, -0.2) is 4.79 Å². The van der Waals surface area contributed by atoms with Crippen LogP contribution in [0.1, 0.15) is 56.8 Å². The Morgan fingerprint density at radius 3 is 2.41 bits per heavy atom. The van der Waals surface area contributed by atoms with Gasteiger partial charge in [0.05, 0.1) is 17.2 Å². The number of hydrogen-bond donors (Lipinski definition) is 0. The first-order valence-electron chi connectivity index (χ1n) is 10.2. The van der Waals surface area contributed by atoms with Crippen molar-refractivity contribution in [3.05, 3.63) is 28.8 Å². The first-order valence-corrected chi connectivity index (χ1v) is 10.6. The monoisotopic (exact) mass is 424 g/mol. The maximum Gasteiger partial charge on any atom is 0.410 e. The predicted molar refractivity (Wildman–Crippen MR) is 115 cm³/mol. The Bertz CT molecular complexity index is 707. The summed E-state index contributed by atoms with van der Waals surface area (Å²) < 4.78 is 11.2. The van der Waals surface area contributed by atoms with E-state index in [4.69, 9.17) is 21.1 Å². The molecule has 0 saturated carbocycles. The highest BCUT2D eigenvalue weighted by Gasteiger charge is 2.26. The Labute approximate surface area is 179 Å². The smallest absolute Gasteiger partial charge is 0.410 e. The molecule has 1 aromatic carbocycles. The minimum atomic E-state index is -0.452. The summed E-state index contributed by atoms with van der Waals surface area (Å²) in [6, 6.07) is 5.17. The van der Waals surface area contributed by atoms with Crippen molar-refractivity contribution in [3.63, 3.8) is 0 Å². The summed E-state index contributed by atoms with van der Waals surface area (Å²) in [4.78, 5) is 27.4. The van der Waals surface area contributed by atoms with E-state index < -0.39 is 5.60 Å². The van der Waals surface area contributed by atoms with Crippen LogP contribution in [0.2, 0.25) is 5.02 Å². The van der Waals surface area contributed by atoms with E-state index in [9.17, 15) is 9.59 Å². The first-order chi connectivity index (χ1) is 13.6. The lowest BCUT2D eigenvalue weighted by Crippen LogP contribution is -2.41. The lowest BCUT2D eigenvalue weighted by molar-refractivity contribution is 0.0179. The van der Waals surface area contributed by atoms with Gasteiger partial charge in [0.15, 0.2) is 0 Å². The van der Waals surface area contributed by atoms with Gasteiger partial charge in [-0.3, -0.25) is 4.79 Å². The molecular weight excluding hydrogens is 392 g/mol. The molecular formula is C22H33ClN2O4. The molecule has 1 fully saturated rings. The van der Waals surface area contributed by atoms with Crippen LogP contribution in [-0.4, -0.2) is 61.2 Å². The van der Waals surface area contributed by atoms with E-state index >= 15 is 0 Å². The zero-order valence-corrected chi connectivity index (χ0v) is 18.9. The van der Waals surface area contributed by atoms with Gasteiger partial charge in [-0.1, -0.05) is 11.6 Å². The van der Waals surface area contributed by atoms with Gasteiger partial charge < -0.3 is 19.3 Å². The fraction of sp³-hybridized carbons (Fsp3) is 0.636. The Morgan fingerprint density at radius 1 is 1.21 bits per heavy atom. The van der Waals surface area contributed by atoms with Crippen LogP contribution in [0.3, 0.4) is 0 Å². The fourth-order valence-electron chi connectivity index (χ4n) is 3.29. The number of carbonyl (C=O) groups is 2. The van der Waals surface area contributed by atoms with Crippen molar-refractivity contribution in [2.45, 2.75) is 52.1 Å². The van der Waals surface area contributed by atoms with E-state index in [-0.39, 0.29) is 12.0 Å². The molecule has 6 nitrogen and oxygen atoms in total. The van der Waals surface area contributed by atoms with E-state index in [1.54, 1.807) is 37.2 Å². The van der Waals surface area contributed by atoms with Gasteiger partial charge in [-0.2, -0.15) is 0 Å². The number of hydrogen-bond acceptors (Lipinski definition) is 4. The first kappa shape index (κ1) is 23.3. The quantitative estimate of drug-likeness (QED) is 0.612. The van der Waals surface area contributed by atoms with E-state index in [0.717, 1.165) is 38.8 Å². The number of piperidine rings is 1. The van der Waals surface area contributed by atoms with E-state index in [0.29, 0.717) is 28.9 Å². The van der Waals surface area contributed by atoms with Gasteiger partial charge >= 0.3 is 6.09 Å². The number of carbonyl (C=O) groups excluding carboxylic acids is 2. The minimum absolute atomic E-state index is 0.126. The van der Waals surface area contributed by atoms with Crippen LogP contribution < -0.4 is 4.74 Å². The average Bonchev–Trinajstić information content (AvgIpc) is 2.64. The third kappa shape index (κ3) is 7.42. The molecule has 0 bridgehead atoms. The number of ether oxygens (including phenoxy) is 2. The Balaban J connectivity index is 1.69. The molecule has 0 aliphatic carbocycles. The highest BCUT2D eigenvalue weighted by atomic mass is 35.5. The van der Waals surface area contributed by atoms with Crippen molar-refractivity contribution in [1.29, 1.82) is 0 Å². The molecule has 1 heterocycles. The van der Waals surface area contributed by atoms with Crippen molar-refractivity contribution < 1.29 is 19.1 Å². The molecule has 0 spiro atoms. The summed E-state index contributed by atoms with van der Waals surface area (Å²) in [7, 11) is 3.39. The van der Waals surface area contributed by atoms with E-state index in [1.807, 2.05) is 20.8 Å². The highest BCUT2D eigenvalue weighted by molar-refractivity contribution is 6.34. The Kier molecular flexibility index (Phi) is 8.20. The van der Waals surface area contributed by atoms with Crippen LogP contribution in [0.25, 0.3) is 0 Å². The second-order valence-electron chi connectivity index (χ2n) is 8.74. The van der Waals surface area contributed by atoms with Gasteiger partial charge in [-0.15, -0.1) is 0 Å². The number of rotatable bonds is 6. The van der Waals surface area contributed by atoms with Gasteiger partial charge in [0, 0.05) is 27.2 Å². The van der Waals surface area contributed by atoms with Crippen molar-refractivity contribution in [2.24, 2.45) is 5.92 Å². The molecule has 0 aromatic heterocycles. The normalized spacial score (nSPS) is 15.2. The number of likely N-dealkylation sites (tertiary alicyclic amines) is 1. The lowest BCUT2D eigenvalue weighted by Gasteiger charge is -2.33. The number of nitrogens with zero attached hydrogens (tertiary/aromatic N) is 2. The van der Waals surface area contributed by atoms with Crippen LogP contribution in [-0.2, 0) is 4.74 Å². The van der Waals surface area contributed by atoms with Gasteiger partial charge in [0.1, 0.15) is 11.4 Å². The molecule has 2 amide bonds. The van der Waals surface area contributed by atoms with Crippen molar-refractivity contribution in [2.75, 3.05) is 33.8 Å². The molecule has 1 aliphatic heterocycles. The summed E-state index contributed by atoms with van der Waals surface area (Å²) in [6.07, 6.45) is 3.77. The summed E-state index contributed by atoms with van der Waals surface area (Å²) in [5.41, 5.74) is 0.0207. The topological polar surface area (TPSA) is 59.1 Å². The molecule has 1 saturated heterocycles. The third-order valence-corrected chi connectivity index (χ3v) is 5.18. The van der Waals surface area contributed by atoms with Gasteiger partial charge in [-0.05, 0) is 70.6 Å². The molecule has 0 radical (unpaired) electrons. The van der Waals surface area contributed by atoms with E-state index in [2.05, 4.69) is 0 Å². The largest absolute Gasteiger partial charge is 0.494 e. The second-order valence-corrected chi connectivity index (χ2v) is 9.15. The average molecular weight is 425 g/mol. The van der Waals surface area contributed by atoms with Crippen LogP contribution in [0.4, 0.5) is 4.79 Å². The zero-order valence-electron chi connectivity index (χ0n) is 18.2. The maximum atomic E-state index is 12.1. The van der Waals surface area contributed by atoms with Crippen LogP contribution >= 0.6 is 11.6 Å². The summed E-state index contributed by atoms with van der Waals surface area (Å²) in [6.45, 7) is 7.76. The number of benzene rings is 1. The van der Waals surface area contributed by atoms with Crippen LogP contribution in [0.15, 0.2) is 18.2 Å². The standard InChI is InChI=1S/C22H33ClN2O4/c1-22(2,3)29-21(27)25-12-10-16(11-13-25)7-6-14-28-17-8-9-18(19(23)15-17)20(26)24(4)5/h8-9,15-16H,6-7,10-14H2,1-5H3. The molecule has 0 unspecified atom stereocenters. The van der Waals surface area contributed by atoms with Crippen molar-refractivity contribution >= 4 is 23.6 Å². The molecule has 0 N–H and O–H groups in total. The van der Waals surface area contributed by atoms with Crippen molar-refractivity contribution in [3.8, 4) is 5.75 Å². The van der Waals surface area contributed by atoms with Gasteiger partial charge in [0.25, 0.3) is 5.91 Å². The summed E-state index contributed by atoms with van der Waals surface area (Å²) >= 11 is 6.21. The molecule has 29 heavy (non-hydrogen) atoms. The van der Waals surface area contributed by atoms with Crippen molar-refractivity contribution in [1.82, 2.24) is 9.80 Å². The number of amides is 2. The Hall–Kier alpha value is -1.95. The molecule has 162 valence electrons. The fourth-order valence-corrected chi connectivity index (χ4v) is 3.54. The van der Waals surface area contributed by atoms with Crippen LogP contribution in [0.5, 0.6) is 5.75 Å².